The van der Waals surface area contributed by atoms with Crippen LogP contribution in [0.15, 0.2) is 91.0 Å². The number of hydrogen-bond acceptors (Lipinski definition) is 6. The second-order valence-corrected chi connectivity index (χ2v) is 11.4. The lowest BCUT2D eigenvalue weighted by Gasteiger charge is -2.28. The largest absolute Gasteiger partial charge is 0.378 e. The molecule has 0 aliphatic carbocycles. The minimum Gasteiger partial charge on any atom is -0.378 e. The number of rotatable bonds is 8. The molecule has 0 atom stereocenters. The van der Waals surface area contributed by atoms with Gasteiger partial charge in [-0.2, -0.15) is 0 Å². The first-order chi connectivity index (χ1) is 21.5. The molecule has 0 bridgehead atoms. The number of carbonyl (C=O) groups is 2. The number of aryl methyl sites for hydroxylation is 1. The van der Waals surface area contributed by atoms with Gasteiger partial charge in [-0.1, -0.05) is 30.3 Å². The van der Waals surface area contributed by atoms with Crippen molar-refractivity contribution in [2.24, 2.45) is 0 Å². The normalized spacial score (nSPS) is 15.5. The standard InChI is InChI=1S/C36H39N5O3/c1-26-2-5-30(36(43)39-32-12-14-33(15-13-32)41-20-22-44-23-21-41)24-34(26)28-6-8-29(9-7-28)35(42)38-31-10-3-27(4-11-31)25-40-18-16-37-17-19-40/h2-15,24,37H,16-23,25H2,1H3,(H,38,42)(H,39,43). The highest BCUT2D eigenvalue weighted by atomic mass is 16.5. The van der Waals surface area contributed by atoms with Gasteiger partial charge in [-0.15, -0.1) is 0 Å². The molecule has 0 unspecified atom stereocenters. The molecule has 3 N–H and O–H groups in total. The van der Waals surface area contributed by atoms with Gasteiger partial charge in [0.1, 0.15) is 0 Å². The van der Waals surface area contributed by atoms with E-state index in [2.05, 4.69) is 37.9 Å². The minimum atomic E-state index is -0.166. The van der Waals surface area contributed by atoms with Crippen molar-refractivity contribution in [3.05, 3.63) is 113 Å². The molecule has 2 saturated heterocycles. The van der Waals surface area contributed by atoms with Gasteiger partial charge in [0.15, 0.2) is 0 Å². The first kappa shape index (κ1) is 29.6. The number of benzene rings is 4. The first-order valence-electron chi connectivity index (χ1n) is 15.3. The number of carbonyl (C=O) groups excluding carboxylic acids is 2. The summed E-state index contributed by atoms with van der Waals surface area (Å²) in [6.45, 7) is 10.3. The molecule has 4 aromatic rings. The van der Waals surface area contributed by atoms with Crippen LogP contribution >= 0.6 is 0 Å². The minimum absolute atomic E-state index is 0.157. The van der Waals surface area contributed by atoms with Crippen molar-refractivity contribution in [3.8, 4) is 11.1 Å². The summed E-state index contributed by atoms with van der Waals surface area (Å²) in [6.07, 6.45) is 0. The zero-order chi connectivity index (χ0) is 30.3. The highest BCUT2D eigenvalue weighted by molar-refractivity contribution is 6.06. The smallest absolute Gasteiger partial charge is 0.255 e. The Morgan fingerprint density at radius 2 is 1.32 bits per heavy atom. The number of piperazine rings is 1. The lowest BCUT2D eigenvalue weighted by atomic mass is 9.97. The van der Waals surface area contributed by atoms with Gasteiger partial charge in [0, 0.05) is 74.0 Å². The Morgan fingerprint density at radius 3 is 1.98 bits per heavy atom. The molecule has 2 heterocycles. The number of anilines is 3. The summed E-state index contributed by atoms with van der Waals surface area (Å²) in [7, 11) is 0. The van der Waals surface area contributed by atoms with E-state index in [1.807, 2.05) is 85.8 Å². The van der Waals surface area contributed by atoms with Crippen molar-refractivity contribution < 1.29 is 14.3 Å². The second-order valence-electron chi connectivity index (χ2n) is 11.4. The first-order valence-corrected chi connectivity index (χ1v) is 15.3. The monoisotopic (exact) mass is 589 g/mol. The Hall–Kier alpha value is -4.50. The number of morpholine rings is 1. The molecule has 2 amide bonds. The van der Waals surface area contributed by atoms with Crippen LogP contribution in [0.1, 0.15) is 31.8 Å². The number of amides is 2. The SMILES string of the molecule is Cc1ccc(C(=O)Nc2ccc(N3CCOCC3)cc2)cc1-c1ccc(C(=O)Nc2ccc(CN3CCNCC3)cc2)cc1. The summed E-state index contributed by atoms with van der Waals surface area (Å²) in [4.78, 5) is 30.8. The summed E-state index contributed by atoms with van der Waals surface area (Å²) in [6, 6.07) is 29.2. The molecule has 226 valence electrons. The number of hydrogen-bond donors (Lipinski definition) is 3. The Kier molecular flexibility index (Phi) is 9.31. The summed E-state index contributed by atoms with van der Waals surface area (Å²) in [5, 5.41) is 9.40. The van der Waals surface area contributed by atoms with Crippen LogP contribution in [0.2, 0.25) is 0 Å². The van der Waals surface area contributed by atoms with Crippen LogP contribution in [0.4, 0.5) is 17.1 Å². The highest BCUT2D eigenvalue weighted by Gasteiger charge is 2.14. The third-order valence-corrected chi connectivity index (χ3v) is 8.29. The maximum absolute atomic E-state index is 13.1. The van der Waals surface area contributed by atoms with E-state index in [4.69, 9.17) is 4.74 Å². The van der Waals surface area contributed by atoms with E-state index in [0.29, 0.717) is 11.1 Å². The predicted molar refractivity (Wildman–Crippen MR) is 177 cm³/mol. The second kappa shape index (κ2) is 13.9. The Morgan fingerprint density at radius 1 is 0.727 bits per heavy atom. The molecule has 44 heavy (non-hydrogen) atoms. The van der Waals surface area contributed by atoms with Gasteiger partial charge < -0.3 is 25.6 Å². The lowest BCUT2D eigenvalue weighted by molar-refractivity contribution is 0.101. The lowest BCUT2D eigenvalue weighted by Crippen LogP contribution is -2.42. The average Bonchev–Trinajstić information content (AvgIpc) is 3.07. The molecule has 2 aliphatic heterocycles. The van der Waals surface area contributed by atoms with E-state index in [1.54, 1.807) is 0 Å². The molecule has 8 nitrogen and oxygen atoms in total. The van der Waals surface area contributed by atoms with E-state index >= 15 is 0 Å². The van der Waals surface area contributed by atoms with Gasteiger partial charge in [0.2, 0.25) is 0 Å². The number of nitrogens with zero attached hydrogens (tertiary/aromatic N) is 2. The Balaban J connectivity index is 1.07. The summed E-state index contributed by atoms with van der Waals surface area (Å²) in [5.41, 5.74) is 7.98. The summed E-state index contributed by atoms with van der Waals surface area (Å²) in [5.74, 6) is -0.323. The van der Waals surface area contributed by atoms with Gasteiger partial charge in [-0.05, 0) is 89.8 Å². The molecule has 2 aliphatic rings. The van der Waals surface area contributed by atoms with E-state index in [9.17, 15) is 9.59 Å². The molecular weight excluding hydrogens is 550 g/mol. The zero-order valence-corrected chi connectivity index (χ0v) is 25.1. The van der Waals surface area contributed by atoms with Crippen LogP contribution in [-0.2, 0) is 11.3 Å². The fourth-order valence-corrected chi connectivity index (χ4v) is 5.68. The predicted octanol–water partition coefficient (Wildman–Crippen LogP) is 5.41. The van der Waals surface area contributed by atoms with Gasteiger partial charge in [-0.3, -0.25) is 14.5 Å². The van der Waals surface area contributed by atoms with E-state index in [0.717, 1.165) is 92.8 Å². The summed E-state index contributed by atoms with van der Waals surface area (Å²) >= 11 is 0. The third-order valence-electron chi connectivity index (χ3n) is 8.29. The molecule has 0 radical (unpaired) electrons. The van der Waals surface area contributed by atoms with Crippen LogP contribution in [0, 0.1) is 6.92 Å². The van der Waals surface area contributed by atoms with Crippen molar-refractivity contribution in [1.29, 1.82) is 0 Å². The van der Waals surface area contributed by atoms with Crippen molar-refractivity contribution in [3.63, 3.8) is 0 Å². The van der Waals surface area contributed by atoms with E-state index < -0.39 is 0 Å². The van der Waals surface area contributed by atoms with E-state index in [1.165, 1.54) is 5.56 Å². The Labute approximate surface area is 259 Å². The maximum atomic E-state index is 13.1. The van der Waals surface area contributed by atoms with Crippen molar-refractivity contribution >= 4 is 28.9 Å². The average molecular weight is 590 g/mol. The van der Waals surface area contributed by atoms with Crippen molar-refractivity contribution in [1.82, 2.24) is 10.2 Å². The Bertz CT molecular complexity index is 1570. The van der Waals surface area contributed by atoms with Gasteiger partial charge in [0.25, 0.3) is 11.8 Å². The van der Waals surface area contributed by atoms with Crippen molar-refractivity contribution in [2.45, 2.75) is 13.5 Å². The zero-order valence-electron chi connectivity index (χ0n) is 25.1. The topological polar surface area (TPSA) is 85.9 Å². The van der Waals surface area contributed by atoms with Crippen LogP contribution in [-0.4, -0.2) is 69.2 Å². The quantitative estimate of drug-likeness (QED) is 0.255. The molecule has 4 aromatic carbocycles. The highest BCUT2D eigenvalue weighted by Crippen LogP contribution is 2.26. The number of nitrogens with one attached hydrogen (secondary N) is 3. The molecular formula is C36H39N5O3. The maximum Gasteiger partial charge on any atom is 0.255 e. The number of ether oxygens (including phenoxy) is 1. The molecule has 0 spiro atoms. The molecule has 6 rings (SSSR count). The fraction of sp³-hybridized carbons (Fsp3) is 0.278. The molecule has 0 aromatic heterocycles. The summed E-state index contributed by atoms with van der Waals surface area (Å²) < 4.78 is 5.44. The van der Waals surface area contributed by atoms with Crippen molar-refractivity contribution in [2.75, 3.05) is 68.0 Å². The molecule has 2 fully saturated rings. The van der Waals surface area contributed by atoms with Crippen LogP contribution in [0.3, 0.4) is 0 Å². The van der Waals surface area contributed by atoms with Gasteiger partial charge in [0.05, 0.1) is 13.2 Å². The van der Waals surface area contributed by atoms with Gasteiger partial charge >= 0.3 is 0 Å². The molecule has 0 saturated carbocycles. The van der Waals surface area contributed by atoms with Crippen LogP contribution in [0.25, 0.3) is 11.1 Å². The fourth-order valence-electron chi connectivity index (χ4n) is 5.68. The van der Waals surface area contributed by atoms with Crippen LogP contribution < -0.4 is 20.9 Å². The molecule has 8 heteroatoms. The van der Waals surface area contributed by atoms with Crippen LogP contribution in [0.5, 0.6) is 0 Å². The van der Waals surface area contributed by atoms with E-state index in [-0.39, 0.29) is 11.8 Å². The third kappa shape index (κ3) is 7.34. The van der Waals surface area contributed by atoms with Gasteiger partial charge in [-0.25, -0.2) is 0 Å².